The molecular weight excluding hydrogens is 632 g/mol. The number of carbonyl (C=O) groups excluding carboxylic acids is 3. The van der Waals surface area contributed by atoms with E-state index in [1.807, 2.05) is 35.2 Å². The van der Waals surface area contributed by atoms with Crippen LogP contribution >= 0.6 is 0 Å². The first kappa shape index (κ1) is 34.4. The van der Waals surface area contributed by atoms with Gasteiger partial charge in [0.25, 0.3) is 0 Å². The summed E-state index contributed by atoms with van der Waals surface area (Å²) in [5.74, 6) is -5.03. The smallest absolute Gasteiger partial charge is 0.475 e. The standard InChI is InChI=1S/C31H34F3N3O3.C2HF3O2/c32-31(33,34)23-14-12-22(13-15-23)26-24-25(28(39)37(27(24)38)19-21-10-5-2-6-11-21)30(35-26)16-7-17-36(29(30)40)18-20-8-3-1-4-9-20;3-2(4,5)1(6)7/h2,5-6,10-15,20,24-26,35H,1,3-4,7-9,16-19H2;(H,6,7)/t24-,25-,26-,30-;/m1./s1. The summed E-state index contributed by atoms with van der Waals surface area (Å²) in [6.45, 7) is 1.35. The highest BCUT2D eigenvalue weighted by Crippen LogP contribution is 2.52. The van der Waals surface area contributed by atoms with E-state index in [4.69, 9.17) is 9.90 Å². The van der Waals surface area contributed by atoms with Crippen LogP contribution in [-0.2, 0) is 31.9 Å². The molecule has 8 nitrogen and oxygen atoms in total. The number of aliphatic carboxylic acids is 1. The third-order valence-corrected chi connectivity index (χ3v) is 9.64. The fourth-order valence-corrected chi connectivity index (χ4v) is 7.47. The summed E-state index contributed by atoms with van der Waals surface area (Å²) in [5.41, 5.74) is -0.776. The van der Waals surface area contributed by atoms with Crippen LogP contribution in [0.25, 0.3) is 0 Å². The molecule has 4 atom stereocenters. The highest BCUT2D eigenvalue weighted by Gasteiger charge is 2.69. The molecule has 0 radical (unpaired) electrons. The second-order valence-electron chi connectivity index (χ2n) is 12.6. The molecule has 3 saturated heterocycles. The Hall–Kier alpha value is -3.94. The quantitative estimate of drug-likeness (QED) is 0.312. The minimum absolute atomic E-state index is 0.0985. The Labute approximate surface area is 267 Å². The zero-order chi connectivity index (χ0) is 34.1. The summed E-state index contributed by atoms with van der Waals surface area (Å²) in [6, 6.07) is 13.2. The van der Waals surface area contributed by atoms with E-state index in [0.29, 0.717) is 37.4 Å². The maximum Gasteiger partial charge on any atom is 0.490 e. The number of benzene rings is 2. The molecule has 0 aromatic heterocycles. The van der Waals surface area contributed by atoms with E-state index in [0.717, 1.165) is 43.4 Å². The lowest BCUT2D eigenvalue weighted by molar-refractivity contribution is -0.192. The Kier molecular flexibility index (Phi) is 9.72. The summed E-state index contributed by atoms with van der Waals surface area (Å²) in [7, 11) is 0. The molecule has 3 heterocycles. The summed E-state index contributed by atoms with van der Waals surface area (Å²) >= 11 is 0. The van der Waals surface area contributed by atoms with E-state index < -0.39 is 47.3 Å². The van der Waals surface area contributed by atoms with Crippen LogP contribution in [0, 0.1) is 17.8 Å². The van der Waals surface area contributed by atoms with Crippen molar-refractivity contribution in [3.05, 3.63) is 71.3 Å². The van der Waals surface area contributed by atoms with Crippen LogP contribution in [0.5, 0.6) is 0 Å². The summed E-state index contributed by atoms with van der Waals surface area (Å²) < 4.78 is 71.6. The van der Waals surface area contributed by atoms with Gasteiger partial charge in [0.05, 0.1) is 23.9 Å². The second-order valence-corrected chi connectivity index (χ2v) is 12.6. The number of carboxylic acids is 1. The van der Waals surface area contributed by atoms with E-state index in [9.17, 15) is 40.7 Å². The number of imide groups is 1. The van der Waals surface area contributed by atoms with Crippen molar-refractivity contribution in [2.45, 2.75) is 75.4 Å². The first-order valence-corrected chi connectivity index (χ1v) is 15.6. The molecule has 2 aromatic rings. The third-order valence-electron chi connectivity index (χ3n) is 9.64. The molecular formula is C33H35F6N3O5. The molecule has 4 fully saturated rings. The monoisotopic (exact) mass is 667 g/mol. The van der Waals surface area contributed by atoms with Gasteiger partial charge in [0.15, 0.2) is 0 Å². The second kappa shape index (κ2) is 13.3. The number of carbonyl (C=O) groups is 4. The Morgan fingerprint density at radius 2 is 1.49 bits per heavy atom. The van der Waals surface area contributed by atoms with Crippen molar-refractivity contribution in [3.63, 3.8) is 0 Å². The zero-order valence-corrected chi connectivity index (χ0v) is 25.3. The fourth-order valence-electron chi connectivity index (χ4n) is 7.47. The van der Waals surface area contributed by atoms with Crippen molar-refractivity contribution >= 4 is 23.7 Å². The van der Waals surface area contributed by atoms with Gasteiger partial charge in [0.1, 0.15) is 5.54 Å². The van der Waals surface area contributed by atoms with Gasteiger partial charge in [-0.2, -0.15) is 26.3 Å². The molecule has 3 amide bonds. The highest BCUT2D eigenvalue weighted by molar-refractivity contribution is 6.10. The molecule has 4 aliphatic rings. The van der Waals surface area contributed by atoms with E-state index in [1.54, 1.807) is 0 Å². The van der Waals surface area contributed by atoms with Crippen molar-refractivity contribution in [1.29, 1.82) is 0 Å². The van der Waals surface area contributed by atoms with Crippen LogP contribution in [0.1, 0.15) is 67.7 Å². The van der Waals surface area contributed by atoms with E-state index >= 15 is 0 Å². The van der Waals surface area contributed by atoms with Gasteiger partial charge < -0.3 is 10.0 Å². The SMILES string of the molecule is O=C(O)C(F)(F)F.O=C1[C@H]2[C@@H](c3ccc(C(F)(F)F)cc3)N[C@]3(CCCN(CC4CCCCC4)C3=O)[C@H]2C(=O)N1Cc1ccccc1. The molecule has 0 bridgehead atoms. The molecule has 2 N–H and O–H groups in total. The first-order valence-electron chi connectivity index (χ1n) is 15.6. The van der Waals surface area contributed by atoms with Crippen molar-refractivity contribution in [3.8, 4) is 0 Å². The van der Waals surface area contributed by atoms with Gasteiger partial charge in [-0.3, -0.25) is 24.6 Å². The summed E-state index contributed by atoms with van der Waals surface area (Å²) in [6.07, 6.45) is -2.81. The van der Waals surface area contributed by atoms with Gasteiger partial charge in [0, 0.05) is 19.1 Å². The molecule has 14 heteroatoms. The average Bonchev–Trinajstić information content (AvgIpc) is 3.49. The predicted molar refractivity (Wildman–Crippen MR) is 155 cm³/mol. The number of halogens is 6. The van der Waals surface area contributed by atoms with Crippen molar-refractivity contribution in [2.75, 3.05) is 13.1 Å². The van der Waals surface area contributed by atoms with Crippen molar-refractivity contribution < 1.29 is 50.6 Å². The maximum absolute atomic E-state index is 14.3. The fraction of sp³-hybridized carbons (Fsp3) is 0.515. The lowest BCUT2D eigenvalue weighted by atomic mass is 9.74. The predicted octanol–water partition coefficient (Wildman–Crippen LogP) is 5.73. The number of piperidine rings is 1. The number of carboxylic acid groups (broad SMARTS) is 1. The molecule has 1 saturated carbocycles. The zero-order valence-electron chi connectivity index (χ0n) is 25.3. The number of hydrogen-bond donors (Lipinski definition) is 2. The Bertz CT molecular complexity index is 1480. The van der Waals surface area contributed by atoms with E-state index in [1.165, 1.54) is 23.5 Å². The van der Waals surface area contributed by atoms with Gasteiger partial charge in [-0.1, -0.05) is 61.7 Å². The van der Waals surface area contributed by atoms with Gasteiger partial charge in [0.2, 0.25) is 17.7 Å². The Morgan fingerprint density at radius 3 is 2.06 bits per heavy atom. The minimum Gasteiger partial charge on any atom is -0.475 e. The minimum atomic E-state index is -5.08. The topological polar surface area (TPSA) is 107 Å². The van der Waals surface area contributed by atoms with E-state index in [-0.39, 0.29) is 24.3 Å². The molecule has 3 aliphatic heterocycles. The summed E-state index contributed by atoms with van der Waals surface area (Å²) in [5, 5.41) is 10.5. The molecule has 1 aliphatic carbocycles. The Morgan fingerprint density at radius 1 is 0.872 bits per heavy atom. The normalized spacial score (nSPS) is 26.8. The van der Waals surface area contributed by atoms with Crippen LogP contribution in [0.4, 0.5) is 26.3 Å². The van der Waals surface area contributed by atoms with Crippen LogP contribution < -0.4 is 5.32 Å². The number of rotatable bonds is 5. The number of alkyl halides is 6. The number of hydrogen-bond acceptors (Lipinski definition) is 5. The highest BCUT2D eigenvalue weighted by atomic mass is 19.4. The number of amides is 3. The van der Waals surface area contributed by atoms with Crippen LogP contribution in [0.15, 0.2) is 54.6 Å². The molecule has 0 unspecified atom stereocenters. The van der Waals surface area contributed by atoms with Gasteiger partial charge in [-0.15, -0.1) is 0 Å². The van der Waals surface area contributed by atoms with Crippen LogP contribution in [0.3, 0.4) is 0 Å². The maximum atomic E-state index is 14.3. The number of likely N-dealkylation sites (tertiary alicyclic amines) is 2. The number of nitrogens with zero attached hydrogens (tertiary/aromatic N) is 2. The largest absolute Gasteiger partial charge is 0.490 e. The van der Waals surface area contributed by atoms with Crippen molar-refractivity contribution in [2.24, 2.45) is 17.8 Å². The van der Waals surface area contributed by atoms with Gasteiger partial charge >= 0.3 is 18.3 Å². The van der Waals surface area contributed by atoms with Crippen LogP contribution in [-0.4, -0.2) is 63.4 Å². The summed E-state index contributed by atoms with van der Waals surface area (Å²) in [4.78, 5) is 54.2. The molecule has 1 spiro atoms. The lowest BCUT2D eigenvalue weighted by Crippen LogP contribution is -2.64. The third kappa shape index (κ3) is 7.02. The Balaban J connectivity index is 0.000000559. The molecule has 2 aromatic carbocycles. The van der Waals surface area contributed by atoms with E-state index in [2.05, 4.69) is 5.32 Å². The first-order chi connectivity index (χ1) is 22.1. The molecule has 254 valence electrons. The number of fused-ring (bicyclic) bond motifs is 2. The number of nitrogens with one attached hydrogen (secondary N) is 1. The molecule has 47 heavy (non-hydrogen) atoms. The van der Waals surface area contributed by atoms with Crippen LogP contribution in [0.2, 0.25) is 0 Å². The van der Waals surface area contributed by atoms with Crippen molar-refractivity contribution in [1.82, 2.24) is 15.1 Å². The average molecular weight is 668 g/mol. The van der Waals surface area contributed by atoms with Gasteiger partial charge in [-0.05, 0) is 54.9 Å². The lowest BCUT2D eigenvalue weighted by Gasteiger charge is -2.43. The van der Waals surface area contributed by atoms with Gasteiger partial charge in [-0.25, -0.2) is 4.79 Å². The molecule has 6 rings (SSSR count).